The van der Waals surface area contributed by atoms with Crippen molar-refractivity contribution in [2.75, 3.05) is 13.1 Å². The first-order chi connectivity index (χ1) is 14.1. The fourth-order valence-electron chi connectivity index (χ4n) is 4.13. The Labute approximate surface area is 171 Å². The van der Waals surface area contributed by atoms with Crippen LogP contribution in [0.3, 0.4) is 0 Å². The molecule has 2 aromatic rings. The third kappa shape index (κ3) is 5.24. The number of hydrogen-bond acceptors (Lipinski definition) is 3. The number of carbonyl (C=O) groups is 2. The van der Waals surface area contributed by atoms with Gasteiger partial charge in [-0.3, -0.25) is 14.5 Å². The van der Waals surface area contributed by atoms with Crippen molar-refractivity contribution in [2.24, 2.45) is 5.92 Å². The Kier molecular flexibility index (Phi) is 5.95. The van der Waals surface area contributed by atoms with Gasteiger partial charge in [0.2, 0.25) is 0 Å². The highest BCUT2D eigenvalue weighted by atomic mass is 16.4. The number of carbonyl (C=O) groups excluding carboxylic acids is 1. The normalized spacial score (nSPS) is 20.9. The first kappa shape index (κ1) is 19.6. The van der Waals surface area contributed by atoms with Gasteiger partial charge >= 0.3 is 5.97 Å². The number of benzene rings is 2. The van der Waals surface area contributed by atoms with Gasteiger partial charge in [-0.1, -0.05) is 48.5 Å². The smallest absolute Gasteiger partial charge is 0.317 e. The predicted octanol–water partition coefficient (Wildman–Crippen LogP) is 3.33. The first-order valence-electron chi connectivity index (χ1n) is 10.5. The number of carboxylic acids is 1. The molecule has 0 unspecified atom stereocenters. The lowest BCUT2D eigenvalue weighted by Crippen LogP contribution is -2.55. The second kappa shape index (κ2) is 8.78. The summed E-state index contributed by atoms with van der Waals surface area (Å²) < 4.78 is 0. The van der Waals surface area contributed by atoms with E-state index >= 15 is 0 Å². The van der Waals surface area contributed by atoms with Gasteiger partial charge in [0.15, 0.2) is 0 Å². The summed E-state index contributed by atoms with van der Waals surface area (Å²) in [6.07, 6.45) is 4.80. The zero-order valence-electron chi connectivity index (χ0n) is 16.6. The molecule has 5 heteroatoms. The molecule has 4 rings (SSSR count). The summed E-state index contributed by atoms with van der Waals surface area (Å²) >= 11 is 0. The van der Waals surface area contributed by atoms with Crippen molar-refractivity contribution < 1.29 is 14.7 Å². The molecule has 0 bridgehead atoms. The molecule has 0 aromatic heterocycles. The van der Waals surface area contributed by atoms with E-state index in [9.17, 15) is 14.7 Å². The number of rotatable bonds is 9. The molecule has 0 atom stereocenters. The first-order valence-corrected chi connectivity index (χ1v) is 10.5. The average molecular weight is 392 g/mol. The SMILES string of the molecule is O=C(O)CN(CC1CC1)C1CC(NC(=O)c2ccccc2Cc2ccccc2)C1. The Balaban J connectivity index is 1.34. The number of nitrogens with one attached hydrogen (secondary N) is 1. The second-order valence-corrected chi connectivity index (χ2v) is 8.38. The van der Waals surface area contributed by atoms with Gasteiger partial charge in [-0.25, -0.2) is 0 Å². The quantitative estimate of drug-likeness (QED) is 0.687. The van der Waals surface area contributed by atoms with Gasteiger partial charge in [-0.15, -0.1) is 0 Å². The molecule has 2 fully saturated rings. The van der Waals surface area contributed by atoms with E-state index < -0.39 is 5.97 Å². The van der Waals surface area contributed by atoms with E-state index in [-0.39, 0.29) is 24.5 Å². The van der Waals surface area contributed by atoms with Crippen molar-refractivity contribution in [1.29, 1.82) is 0 Å². The van der Waals surface area contributed by atoms with Crippen molar-refractivity contribution in [2.45, 2.75) is 44.2 Å². The van der Waals surface area contributed by atoms with E-state index in [4.69, 9.17) is 0 Å². The van der Waals surface area contributed by atoms with Crippen LogP contribution in [0.2, 0.25) is 0 Å². The van der Waals surface area contributed by atoms with Crippen LogP contribution in [0.15, 0.2) is 54.6 Å². The Morgan fingerprint density at radius 1 is 1.00 bits per heavy atom. The van der Waals surface area contributed by atoms with Gasteiger partial charge in [0.05, 0.1) is 6.54 Å². The zero-order valence-corrected chi connectivity index (χ0v) is 16.6. The number of amides is 1. The number of hydrogen-bond donors (Lipinski definition) is 2. The summed E-state index contributed by atoms with van der Waals surface area (Å²) in [6.45, 7) is 0.972. The van der Waals surface area contributed by atoms with Crippen molar-refractivity contribution in [3.63, 3.8) is 0 Å². The molecule has 1 amide bonds. The van der Waals surface area contributed by atoms with Crippen LogP contribution < -0.4 is 5.32 Å². The number of nitrogens with zero attached hydrogens (tertiary/aromatic N) is 1. The summed E-state index contributed by atoms with van der Waals surface area (Å²) in [5.41, 5.74) is 2.93. The Hall–Kier alpha value is -2.66. The van der Waals surface area contributed by atoms with Crippen LogP contribution in [0.25, 0.3) is 0 Å². The lowest BCUT2D eigenvalue weighted by Gasteiger charge is -2.42. The van der Waals surface area contributed by atoms with Gasteiger partial charge in [0.25, 0.3) is 5.91 Å². The Bertz CT molecular complexity index is 857. The van der Waals surface area contributed by atoms with E-state index in [0.29, 0.717) is 5.92 Å². The molecule has 2 aliphatic rings. The molecule has 0 saturated heterocycles. The molecular formula is C24H28N2O3. The maximum atomic E-state index is 12.9. The van der Waals surface area contributed by atoms with E-state index in [0.717, 1.165) is 36.9 Å². The maximum absolute atomic E-state index is 12.9. The molecule has 2 aliphatic carbocycles. The van der Waals surface area contributed by atoms with E-state index in [1.54, 1.807) is 0 Å². The van der Waals surface area contributed by atoms with Crippen molar-refractivity contribution in [1.82, 2.24) is 10.2 Å². The molecule has 0 radical (unpaired) electrons. The summed E-state index contributed by atoms with van der Waals surface area (Å²) in [5, 5.41) is 12.3. The number of carboxylic acid groups (broad SMARTS) is 1. The van der Waals surface area contributed by atoms with Crippen LogP contribution in [-0.2, 0) is 11.2 Å². The highest BCUT2D eigenvalue weighted by molar-refractivity contribution is 5.96. The molecule has 152 valence electrons. The maximum Gasteiger partial charge on any atom is 0.317 e. The molecule has 2 saturated carbocycles. The van der Waals surface area contributed by atoms with Crippen LogP contribution >= 0.6 is 0 Å². The minimum atomic E-state index is -0.770. The predicted molar refractivity (Wildman–Crippen MR) is 112 cm³/mol. The largest absolute Gasteiger partial charge is 0.480 e. The molecule has 0 spiro atoms. The lowest BCUT2D eigenvalue weighted by atomic mass is 9.84. The van der Waals surface area contributed by atoms with E-state index in [2.05, 4.69) is 22.3 Å². The topological polar surface area (TPSA) is 69.6 Å². The van der Waals surface area contributed by atoms with Crippen LogP contribution in [-0.4, -0.2) is 47.1 Å². The molecule has 29 heavy (non-hydrogen) atoms. The zero-order chi connectivity index (χ0) is 20.2. The average Bonchev–Trinajstić information content (AvgIpc) is 3.48. The molecule has 2 aromatic carbocycles. The van der Waals surface area contributed by atoms with E-state index in [1.165, 1.54) is 18.4 Å². The Morgan fingerprint density at radius 2 is 1.69 bits per heavy atom. The summed E-state index contributed by atoms with van der Waals surface area (Å²) in [6, 6.07) is 18.3. The summed E-state index contributed by atoms with van der Waals surface area (Å²) in [7, 11) is 0. The third-order valence-corrected chi connectivity index (χ3v) is 5.99. The van der Waals surface area contributed by atoms with Crippen LogP contribution in [0.1, 0.15) is 47.2 Å². The molecule has 2 N–H and O–H groups in total. The van der Waals surface area contributed by atoms with Crippen LogP contribution in [0.5, 0.6) is 0 Å². The highest BCUT2D eigenvalue weighted by Crippen LogP contribution is 2.34. The summed E-state index contributed by atoms with van der Waals surface area (Å²) in [4.78, 5) is 26.1. The summed E-state index contributed by atoms with van der Waals surface area (Å²) in [5.74, 6) is -0.146. The molecule has 0 aliphatic heterocycles. The van der Waals surface area contributed by atoms with Crippen molar-refractivity contribution in [3.8, 4) is 0 Å². The molecule has 0 heterocycles. The minimum Gasteiger partial charge on any atom is -0.480 e. The molecular weight excluding hydrogens is 364 g/mol. The van der Waals surface area contributed by atoms with Gasteiger partial charge < -0.3 is 10.4 Å². The van der Waals surface area contributed by atoms with Crippen LogP contribution in [0.4, 0.5) is 0 Å². The van der Waals surface area contributed by atoms with Gasteiger partial charge in [-0.2, -0.15) is 0 Å². The fourth-order valence-corrected chi connectivity index (χ4v) is 4.13. The standard InChI is InChI=1S/C24H28N2O3/c27-23(28)16-26(15-18-10-11-18)21-13-20(14-21)25-24(29)22-9-5-4-8-19(22)12-17-6-2-1-3-7-17/h1-9,18,20-21H,10-16H2,(H,25,29)(H,27,28). The lowest BCUT2D eigenvalue weighted by molar-refractivity contribution is -0.139. The third-order valence-electron chi connectivity index (χ3n) is 5.99. The second-order valence-electron chi connectivity index (χ2n) is 8.38. The Morgan fingerprint density at radius 3 is 2.38 bits per heavy atom. The van der Waals surface area contributed by atoms with Gasteiger partial charge in [0, 0.05) is 24.2 Å². The number of aliphatic carboxylic acids is 1. The van der Waals surface area contributed by atoms with Crippen LogP contribution in [0, 0.1) is 5.92 Å². The fraction of sp³-hybridized carbons (Fsp3) is 0.417. The molecule has 5 nitrogen and oxygen atoms in total. The van der Waals surface area contributed by atoms with Crippen molar-refractivity contribution in [3.05, 3.63) is 71.3 Å². The van der Waals surface area contributed by atoms with E-state index in [1.807, 2.05) is 42.5 Å². The highest BCUT2D eigenvalue weighted by Gasteiger charge is 2.37. The van der Waals surface area contributed by atoms with Crippen molar-refractivity contribution >= 4 is 11.9 Å². The monoisotopic (exact) mass is 392 g/mol. The van der Waals surface area contributed by atoms with Gasteiger partial charge in [0.1, 0.15) is 0 Å². The minimum absolute atomic E-state index is 0.0352. The van der Waals surface area contributed by atoms with Gasteiger partial charge in [-0.05, 0) is 55.2 Å².